The van der Waals surface area contributed by atoms with Gasteiger partial charge in [0.2, 0.25) is 0 Å². The van der Waals surface area contributed by atoms with Gasteiger partial charge in [-0.15, -0.1) is 11.8 Å². The van der Waals surface area contributed by atoms with Gasteiger partial charge in [-0.3, -0.25) is 4.79 Å². The van der Waals surface area contributed by atoms with Crippen LogP contribution in [0.4, 0.5) is 5.69 Å². The van der Waals surface area contributed by atoms with Crippen molar-refractivity contribution < 1.29 is 14.3 Å². The highest BCUT2D eigenvalue weighted by Gasteiger charge is 2.17. The second kappa shape index (κ2) is 8.48. The first-order valence-corrected chi connectivity index (χ1v) is 8.46. The fourth-order valence-corrected chi connectivity index (χ4v) is 2.81. The van der Waals surface area contributed by atoms with Crippen molar-refractivity contribution in [2.75, 3.05) is 18.2 Å². The van der Waals surface area contributed by atoms with E-state index in [9.17, 15) is 4.79 Å². The monoisotopic (exact) mass is 331 g/mol. The Kier molecular flexibility index (Phi) is 6.35. The molecule has 0 aliphatic heterocycles. The van der Waals surface area contributed by atoms with Gasteiger partial charge in [-0.1, -0.05) is 31.2 Å². The number of carbonyl (C=O) groups is 1. The van der Waals surface area contributed by atoms with Crippen molar-refractivity contribution in [3.05, 3.63) is 48.5 Å². The number of rotatable bonds is 7. The largest absolute Gasteiger partial charge is 0.493 e. The van der Waals surface area contributed by atoms with E-state index in [0.717, 1.165) is 16.3 Å². The molecule has 0 fully saturated rings. The maximum Gasteiger partial charge on any atom is 0.265 e. The maximum atomic E-state index is 12.4. The third-order valence-corrected chi connectivity index (χ3v) is 4.14. The SMILES string of the molecule is CCSc1ccccc1NC(=O)C(C)Oc1ccccc1OC. The average molecular weight is 331 g/mol. The summed E-state index contributed by atoms with van der Waals surface area (Å²) in [5.74, 6) is 1.91. The number of nitrogens with one attached hydrogen (secondary N) is 1. The van der Waals surface area contributed by atoms with Gasteiger partial charge in [0, 0.05) is 4.90 Å². The fourth-order valence-electron chi connectivity index (χ4n) is 2.05. The zero-order valence-corrected chi connectivity index (χ0v) is 14.4. The van der Waals surface area contributed by atoms with Crippen molar-refractivity contribution in [2.24, 2.45) is 0 Å². The van der Waals surface area contributed by atoms with Gasteiger partial charge in [0.1, 0.15) is 0 Å². The van der Waals surface area contributed by atoms with Crippen LogP contribution in [0.15, 0.2) is 53.4 Å². The highest BCUT2D eigenvalue weighted by molar-refractivity contribution is 7.99. The molecule has 0 radical (unpaired) electrons. The summed E-state index contributed by atoms with van der Waals surface area (Å²) in [5.41, 5.74) is 0.805. The lowest BCUT2D eigenvalue weighted by Crippen LogP contribution is -2.30. The number of benzene rings is 2. The summed E-state index contributed by atoms with van der Waals surface area (Å²) in [6.45, 7) is 3.80. The molecular formula is C18H21NO3S. The molecule has 5 heteroatoms. The lowest BCUT2D eigenvalue weighted by atomic mass is 10.3. The quantitative estimate of drug-likeness (QED) is 0.772. The molecular weight excluding hydrogens is 310 g/mol. The van der Waals surface area contributed by atoms with E-state index < -0.39 is 6.10 Å². The first-order chi connectivity index (χ1) is 11.2. The molecule has 0 aliphatic carbocycles. The number of methoxy groups -OCH3 is 1. The normalized spacial score (nSPS) is 11.6. The van der Waals surface area contributed by atoms with E-state index in [4.69, 9.17) is 9.47 Å². The smallest absolute Gasteiger partial charge is 0.265 e. The summed E-state index contributed by atoms with van der Waals surface area (Å²) < 4.78 is 11.0. The summed E-state index contributed by atoms with van der Waals surface area (Å²) in [7, 11) is 1.57. The van der Waals surface area contributed by atoms with Crippen LogP contribution in [0.25, 0.3) is 0 Å². The average Bonchev–Trinajstić information content (AvgIpc) is 2.57. The molecule has 0 saturated carbocycles. The third-order valence-electron chi connectivity index (χ3n) is 3.19. The molecule has 2 aromatic rings. The van der Waals surface area contributed by atoms with Gasteiger partial charge in [0.25, 0.3) is 5.91 Å². The van der Waals surface area contributed by atoms with Crippen molar-refractivity contribution >= 4 is 23.4 Å². The number of thioether (sulfide) groups is 1. The van der Waals surface area contributed by atoms with Crippen LogP contribution in [0.1, 0.15) is 13.8 Å². The fraction of sp³-hybridized carbons (Fsp3) is 0.278. The molecule has 4 nitrogen and oxygen atoms in total. The number of amides is 1. The van der Waals surface area contributed by atoms with Gasteiger partial charge in [-0.25, -0.2) is 0 Å². The minimum atomic E-state index is -0.633. The summed E-state index contributed by atoms with van der Waals surface area (Å²) >= 11 is 1.69. The highest BCUT2D eigenvalue weighted by atomic mass is 32.2. The van der Waals surface area contributed by atoms with E-state index in [1.165, 1.54) is 0 Å². The summed E-state index contributed by atoms with van der Waals surface area (Å²) in [5, 5.41) is 2.93. The Morgan fingerprint density at radius 3 is 2.48 bits per heavy atom. The van der Waals surface area contributed by atoms with Crippen LogP contribution in [-0.4, -0.2) is 24.9 Å². The van der Waals surface area contributed by atoms with Gasteiger partial charge in [-0.2, -0.15) is 0 Å². The van der Waals surface area contributed by atoms with Crippen LogP contribution in [0, 0.1) is 0 Å². The molecule has 1 N–H and O–H groups in total. The number of ether oxygens (including phenoxy) is 2. The molecule has 2 rings (SSSR count). The lowest BCUT2D eigenvalue weighted by molar-refractivity contribution is -0.122. The summed E-state index contributed by atoms with van der Waals surface area (Å²) in [6.07, 6.45) is -0.633. The topological polar surface area (TPSA) is 47.6 Å². The van der Waals surface area contributed by atoms with Crippen LogP contribution in [-0.2, 0) is 4.79 Å². The Balaban J connectivity index is 2.06. The minimum Gasteiger partial charge on any atom is -0.493 e. The molecule has 1 amide bonds. The van der Waals surface area contributed by atoms with E-state index >= 15 is 0 Å². The third kappa shape index (κ3) is 4.66. The second-order valence-electron chi connectivity index (χ2n) is 4.83. The van der Waals surface area contributed by atoms with E-state index in [1.807, 2.05) is 36.4 Å². The molecule has 0 heterocycles. The van der Waals surface area contributed by atoms with E-state index in [2.05, 4.69) is 12.2 Å². The van der Waals surface area contributed by atoms with Crippen LogP contribution >= 0.6 is 11.8 Å². The van der Waals surface area contributed by atoms with Crippen LogP contribution < -0.4 is 14.8 Å². The molecule has 0 aliphatic rings. The van der Waals surface area contributed by atoms with Gasteiger partial charge in [0.05, 0.1) is 12.8 Å². The van der Waals surface area contributed by atoms with Gasteiger partial charge in [0.15, 0.2) is 17.6 Å². The molecule has 1 atom stereocenters. The zero-order valence-electron chi connectivity index (χ0n) is 13.5. The molecule has 1 unspecified atom stereocenters. The minimum absolute atomic E-state index is 0.194. The van der Waals surface area contributed by atoms with Crippen molar-refractivity contribution in [1.82, 2.24) is 0 Å². The standard InChI is InChI=1S/C18H21NO3S/c1-4-23-17-12-8-5-9-14(17)19-18(20)13(2)22-16-11-7-6-10-15(16)21-3/h5-13H,4H2,1-3H3,(H,19,20). The van der Waals surface area contributed by atoms with Crippen molar-refractivity contribution in [3.8, 4) is 11.5 Å². The first-order valence-electron chi connectivity index (χ1n) is 7.48. The van der Waals surface area contributed by atoms with Crippen molar-refractivity contribution in [2.45, 2.75) is 24.8 Å². The van der Waals surface area contributed by atoms with Crippen LogP contribution in [0.5, 0.6) is 11.5 Å². The molecule has 122 valence electrons. The molecule has 23 heavy (non-hydrogen) atoms. The van der Waals surface area contributed by atoms with E-state index in [1.54, 1.807) is 37.9 Å². The predicted octanol–water partition coefficient (Wildman–Crippen LogP) is 4.21. The van der Waals surface area contributed by atoms with Crippen molar-refractivity contribution in [1.29, 1.82) is 0 Å². The molecule has 0 bridgehead atoms. The summed E-state index contributed by atoms with van der Waals surface area (Å²) in [4.78, 5) is 13.4. The van der Waals surface area contributed by atoms with E-state index in [-0.39, 0.29) is 5.91 Å². The van der Waals surface area contributed by atoms with Gasteiger partial charge < -0.3 is 14.8 Å². The highest BCUT2D eigenvalue weighted by Crippen LogP contribution is 2.28. The number of para-hydroxylation sites is 3. The van der Waals surface area contributed by atoms with Crippen molar-refractivity contribution in [3.63, 3.8) is 0 Å². The number of hydrogen-bond donors (Lipinski definition) is 1. The van der Waals surface area contributed by atoms with Gasteiger partial charge in [-0.05, 0) is 36.9 Å². The number of hydrogen-bond acceptors (Lipinski definition) is 4. The van der Waals surface area contributed by atoms with Crippen LogP contribution in [0.3, 0.4) is 0 Å². The summed E-state index contributed by atoms with van der Waals surface area (Å²) in [6, 6.07) is 15.0. The lowest BCUT2D eigenvalue weighted by Gasteiger charge is -2.17. The maximum absolute atomic E-state index is 12.4. The Labute approximate surface area is 141 Å². The van der Waals surface area contributed by atoms with Gasteiger partial charge >= 0.3 is 0 Å². The number of anilines is 1. The zero-order chi connectivity index (χ0) is 16.7. The molecule has 0 spiro atoms. The van der Waals surface area contributed by atoms with E-state index in [0.29, 0.717) is 11.5 Å². The Morgan fingerprint density at radius 2 is 1.78 bits per heavy atom. The molecule has 0 aromatic heterocycles. The first kappa shape index (κ1) is 17.2. The predicted molar refractivity (Wildman–Crippen MR) is 94.6 cm³/mol. The molecule has 0 saturated heterocycles. The Bertz CT molecular complexity index is 660. The Hall–Kier alpha value is -2.14. The second-order valence-corrected chi connectivity index (χ2v) is 6.14. The number of carbonyl (C=O) groups excluding carboxylic acids is 1. The Morgan fingerprint density at radius 1 is 1.13 bits per heavy atom. The molecule has 2 aromatic carbocycles. The van der Waals surface area contributed by atoms with Crippen LogP contribution in [0.2, 0.25) is 0 Å².